The van der Waals surface area contributed by atoms with Gasteiger partial charge >= 0.3 is 0 Å². The second kappa shape index (κ2) is 5.25. The first-order valence-electron chi connectivity index (χ1n) is 7.26. The van der Waals surface area contributed by atoms with E-state index in [4.69, 9.17) is 5.73 Å². The molecule has 2 aliphatic carbocycles. The zero-order valence-electron chi connectivity index (χ0n) is 10.8. The monoisotopic (exact) mass is 241 g/mol. The average molecular weight is 241 g/mol. The Hall–Kier alpha value is -0.120. The van der Waals surface area contributed by atoms with Crippen LogP contribution in [0.3, 0.4) is 0 Å². The molecule has 0 unspecified atom stereocenters. The van der Waals surface area contributed by atoms with Crippen molar-refractivity contribution in [2.45, 2.75) is 75.4 Å². The smallest absolute Gasteiger partial charge is 0.0715 e. The van der Waals surface area contributed by atoms with Crippen LogP contribution in [-0.4, -0.2) is 28.0 Å². The fourth-order valence-corrected chi connectivity index (χ4v) is 3.96. The van der Waals surface area contributed by atoms with Crippen molar-refractivity contribution in [3.05, 3.63) is 0 Å². The molecule has 0 aromatic rings. The maximum atomic E-state index is 10.8. The van der Waals surface area contributed by atoms with Gasteiger partial charge in [0.2, 0.25) is 0 Å². The van der Waals surface area contributed by atoms with Crippen LogP contribution in [0.4, 0.5) is 0 Å². The van der Waals surface area contributed by atoms with Crippen molar-refractivity contribution in [1.82, 2.24) is 0 Å². The molecule has 3 nitrogen and oxygen atoms in total. The van der Waals surface area contributed by atoms with Gasteiger partial charge in [0.25, 0.3) is 0 Å². The fraction of sp³-hybridized carbons (Fsp3) is 1.00. The zero-order chi connectivity index (χ0) is 12.4. The van der Waals surface area contributed by atoms with Crippen molar-refractivity contribution in [3.63, 3.8) is 0 Å². The lowest BCUT2D eigenvalue weighted by molar-refractivity contribution is -0.149. The van der Waals surface area contributed by atoms with Crippen LogP contribution in [0, 0.1) is 5.92 Å². The SMILES string of the molecule is NCC(C1(O)CCCCC1)C1(O)CCCCC1. The quantitative estimate of drug-likeness (QED) is 0.707. The molecular formula is C14H27NO2. The maximum Gasteiger partial charge on any atom is 0.0715 e. The van der Waals surface area contributed by atoms with Crippen molar-refractivity contribution in [3.8, 4) is 0 Å². The minimum Gasteiger partial charge on any atom is -0.389 e. The van der Waals surface area contributed by atoms with Gasteiger partial charge < -0.3 is 15.9 Å². The number of hydrogen-bond acceptors (Lipinski definition) is 3. The van der Waals surface area contributed by atoms with Gasteiger partial charge in [-0.15, -0.1) is 0 Å². The van der Waals surface area contributed by atoms with Gasteiger partial charge in [-0.05, 0) is 25.7 Å². The van der Waals surface area contributed by atoms with Gasteiger partial charge in [-0.1, -0.05) is 38.5 Å². The molecule has 100 valence electrons. The van der Waals surface area contributed by atoms with E-state index in [1.165, 1.54) is 12.8 Å². The minimum absolute atomic E-state index is 0.129. The highest BCUT2D eigenvalue weighted by Crippen LogP contribution is 2.44. The Morgan fingerprint density at radius 2 is 1.12 bits per heavy atom. The summed E-state index contributed by atoms with van der Waals surface area (Å²) in [4.78, 5) is 0. The molecule has 0 aromatic heterocycles. The Morgan fingerprint density at radius 1 is 0.765 bits per heavy atom. The second-order valence-electron chi connectivity index (χ2n) is 6.12. The number of aliphatic hydroxyl groups is 2. The lowest BCUT2D eigenvalue weighted by atomic mass is 9.64. The summed E-state index contributed by atoms with van der Waals surface area (Å²) in [6.07, 6.45) is 9.97. The average Bonchev–Trinajstić information content (AvgIpc) is 2.31. The minimum atomic E-state index is -0.709. The van der Waals surface area contributed by atoms with Gasteiger partial charge in [-0.25, -0.2) is 0 Å². The summed E-state index contributed by atoms with van der Waals surface area (Å²) in [6.45, 7) is 0.410. The Morgan fingerprint density at radius 3 is 1.41 bits per heavy atom. The molecule has 2 aliphatic rings. The molecule has 4 N–H and O–H groups in total. The van der Waals surface area contributed by atoms with E-state index in [0.29, 0.717) is 6.54 Å². The van der Waals surface area contributed by atoms with Gasteiger partial charge in [-0.3, -0.25) is 0 Å². The molecule has 0 aromatic carbocycles. The Labute approximate surface area is 104 Å². The molecule has 0 spiro atoms. The summed E-state index contributed by atoms with van der Waals surface area (Å²) in [5.41, 5.74) is 4.47. The van der Waals surface area contributed by atoms with Crippen LogP contribution in [0.15, 0.2) is 0 Å². The molecule has 2 fully saturated rings. The molecule has 2 saturated carbocycles. The number of hydrogen-bond donors (Lipinski definition) is 3. The predicted molar refractivity (Wildman–Crippen MR) is 68.6 cm³/mol. The van der Waals surface area contributed by atoms with E-state index in [1.54, 1.807) is 0 Å². The molecule has 3 heteroatoms. The first-order valence-corrected chi connectivity index (χ1v) is 7.26. The largest absolute Gasteiger partial charge is 0.389 e. The Bertz CT molecular complexity index is 219. The third kappa shape index (κ3) is 2.67. The normalized spacial score (nSPS) is 28.2. The zero-order valence-corrected chi connectivity index (χ0v) is 10.8. The highest BCUT2D eigenvalue weighted by atomic mass is 16.3. The maximum absolute atomic E-state index is 10.8. The first-order chi connectivity index (χ1) is 8.11. The summed E-state index contributed by atoms with van der Waals surface area (Å²) in [6, 6.07) is 0. The first kappa shape index (κ1) is 13.3. The lowest BCUT2D eigenvalue weighted by Gasteiger charge is -2.48. The summed E-state index contributed by atoms with van der Waals surface area (Å²) < 4.78 is 0. The van der Waals surface area contributed by atoms with E-state index >= 15 is 0 Å². The van der Waals surface area contributed by atoms with Crippen LogP contribution in [0.1, 0.15) is 64.2 Å². The van der Waals surface area contributed by atoms with E-state index in [1.807, 2.05) is 0 Å². The van der Waals surface area contributed by atoms with E-state index in [-0.39, 0.29) is 5.92 Å². The third-order valence-electron chi connectivity index (χ3n) is 4.97. The summed E-state index contributed by atoms with van der Waals surface area (Å²) in [5.74, 6) is -0.129. The van der Waals surface area contributed by atoms with Crippen LogP contribution in [0.2, 0.25) is 0 Å². The van der Waals surface area contributed by atoms with Crippen molar-refractivity contribution >= 4 is 0 Å². The van der Waals surface area contributed by atoms with E-state index < -0.39 is 11.2 Å². The van der Waals surface area contributed by atoms with Gasteiger partial charge in [0.05, 0.1) is 11.2 Å². The molecule has 2 rings (SSSR count). The van der Waals surface area contributed by atoms with Gasteiger partial charge in [0.15, 0.2) is 0 Å². The third-order valence-corrected chi connectivity index (χ3v) is 4.97. The highest BCUT2D eigenvalue weighted by Gasteiger charge is 2.48. The van der Waals surface area contributed by atoms with Gasteiger partial charge in [0, 0.05) is 12.5 Å². The van der Waals surface area contributed by atoms with Crippen LogP contribution < -0.4 is 5.73 Å². The Kier molecular flexibility index (Phi) is 4.11. The molecule has 0 amide bonds. The molecule has 0 radical (unpaired) electrons. The van der Waals surface area contributed by atoms with Crippen LogP contribution in [-0.2, 0) is 0 Å². The van der Waals surface area contributed by atoms with Crippen molar-refractivity contribution < 1.29 is 10.2 Å². The topological polar surface area (TPSA) is 66.5 Å². The number of rotatable bonds is 3. The molecule has 0 heterocycles. The number of nitrogens with two attached hydrogens (primary N) is 1. The predicted octanol–water partition coefficient (Wildman–Crippen LogP) is 1.95. The molecular weight excluding hydrogens is 214 g/mol. The van der Waals surface area contributed by atoms with Crippen molar-refractivity contribution in [2.75, 3.05) is 6.54 Å². The summed E-state index contributed by atoms with van der Waals surface area (Å²) >= 11 is 0. The molecule has 17 heavy (non-hydrogen) atoms. The second-order valence-corrected chi connectivity index (χ2v) is 6.12. The Balaban J connectivity index is 2.13. The molecule has 0 atom stereocenters. The molecule has 0 saturated heterocycles. The van der Waals surface area contributed by atoms with Crippen LogP contribution in [0.25, 0.3) is 0 Å². The van der Waals surface area contributed by atoms with Crippen LogP contribution in [0.5, 0.6) is 0 Å². The highest BCUT2D eigenvalue weighted by molar-refractivity contribution is 5.01. The molecule has 0 aliphatic heterocycles. The summed E-state index contributed by atoms with van der Waals surface area (Å²) in [7, 11) is 0. The van der Waals surface area contributed by atoms with Crippen molar-refractivity contribution in [2.24, 2.45) is 11.7 Å². The van der Waals surface area contributed by atoms with E-state index in [2.05, 4.69) is 0 Å². The molecule has 0 bridgehead atoms. The summed E-state index contributed by atoms with van der Waals surface area (Å²) in [5, 5.41) is 21.6. The fourth-order valence-electron chi connectivity index (χ4n) is 3.96. The van der Waals surface area contributed by atoms with E-state index in [0.717, 1.165) is 51.4 Å². The van der Waals surface area contributed by atoms with E-state index in [9.17, 15) is 10.2 Å². The van der Waals surface area contributed by atoms with Gasteiger partial charge in [0.1, 0.15) is 0 Å². The van der Waals surface area contributed by atoms with Crippen LogP contribution >= 0.6 is 0 Å². The van der Waals surface area contributed by atoms with Crippen molar-refractivity contribution in [1.29, 1.82) is 0 Å². The van der Waals surface area contributed by atoms with Gasteiger partial charge in [-0.2, -0.15) is 0 Å². The standard InChI is InChI=1S/C14H27NO2/c15-11-12(13(16)7-3-1-4-8-13)14(17)9-5-2-6-10-14/h12,16-17H,1-11,15H2. The lowest BCUT2D eigenvalue weighted by Crippen LogP contribution is -2.56.